The molecule has 0 atom stereocenters. The van der Waals surface area contributed by atoms with E-state index in [9.17, 15) is 4.79 Å². The highest BCUT2D eigenvalue weighted by Crippen LogP contribution is 2.31. The lowest BCUT2D eigenvalue weighted by Crippen LogP contribution is -1.95. The molecule has 2 rings (SSSR count). The van der Waals surface area contributed by atoms with Crippen LogP contribution in [0.15, 0.2) is 4.79 Å². The highest BCUT2D eigenvalue weighted by Gasteiger charge is 2.23. The molecule has 0 heterocycles. The Kier molecular flexibility index (Phi) is 1.99. The Balaban J connectivity index is 2.86. The fraction of sp³-hybridized carbons (Fsp3) is 0.462. The van der Waals surface area contributed by atoms with Crippen LogP contribution in [0.5, 0.6) is 0 Å². The van der Waals surface area contributed by atoms with Crippen LogP contribution in [0.2, 0.25) is 0 Å². The molecule has 0 spiro atoms. The summed E-state index contributed by atoms with van der Waals surface area (Å²) in [5, 5.41) is 2.05. The summed E-state index contributed by atoms with van der Waals surface area (Å²) in [6.45, 7) is 8.51. The SMILES string of the molecule is CCc1c(C)c(C)c2c(=O)c2c1CC. The minimum absolute atomic E-state index is 0.294. The summed E-state index contributed by atoms with van der Waals surface area (Å²) in [6, 6.07) is 0. The lowest BCUT2D eigenvalue weighted by Gasteiger charge is -2.10. The van der Waals surface area contributed by atoms with Crippen molar-refractivity contribution in [3.8, 4) is 0 Å². The second-order valence-electron chi connectivity index (χ2n) is 3.99. The van der Waals surface area contributed by atoms with E-state index in [0.29, 0.717) is 5.43 Å². The second kappa shape index (κ2) is 2.94. The molecule has 1 nitrogen and oxygen atoms in total. The molecule has 14 heavy (non-hydrogen) atoms. The first kappa shape index (κ1) is 9.45. The van der Waals surface area contributed by atoms with E-state index in [-0.39, 0.29) is 0 Å². The number of aryl methyl sites for hydroxylation is 2. The second-order valence-corrected chi connectivity index (χ2v) is 3.99. The first-order valence-corrected chi connectivity index (χ1v) is 5.33. The van der Waals surface area contributed by atoms with Gasteiger partial charge in [0.2, 0.25) is 0 Å². The van der Waals surface area contributed by atoms with Gasteiger partial charge in [-0.25, -0.2) is 0 Å². The van der Waals surface area contributed by atoms with Gasteiger partial charge in [0.15, 0.2) is 5.43 Å². The minimum Gasteiger partial charge on any atom is -0.289 e. The van der Waals surface area contributed by atoms with Gasteiger partial charge < -0.3 is 0 Å². The third-order valence-corrected chi connectivity index (χ3v) is 3.40. The molecule has 0 N–H and O–H groups in total. The molecule has 0 aromatic heterocycles. The molecule has 1 heteroatoms. The molecule has 0 aliphatic rings. The fourth-order valence-corrected chi connectivity index (χ4v) is 2.48. The summed E-state index contributed by atoms with van der Waals surface area (Å²) in [5.41, 5.74) is 5.53. The maximum atomic E-state index is 11.6. The molecule has 2 aromatic carbocycles. The van der Waals surface area contributed by atoms with Crippen molar-refractivity contribution in [3.05, 3.63) is 32.5 Å². The van der Waals surface area contributed by atoms with Gasteiger partial charge in [-0.05, 0) is 48.9 Å². The van der Waals surface area contributed by atoms with Crippen molar-refractivity contribution in [1.82, 2.24) is 0 Å². The summed E-state index contributed by atoms with van der Waals surface area (Å²) in [4.78, 5) is 11.6. The molecule has 0 aliphatic heterocycles. The van der Waals surface area contributed by atoms with E-state index in [2.05, 4.69) is 27.7 Å². The molecule has 0 saturated carbocycles. The van der Waals surface area contributed by atoms with Gasteiger partial charge in [0.05, 0.1) is 0 Å². The van der Waals surface area contributed by atoms with E-state index in [0.717, 1.165) is 23.6 Å². The van der Waals surface area contributed by atoms with Crippen LogP contribution in [0.3, 0.4) is 0 Å². The van der Waals surface area contributed by atoms with Crippen molar-refractivity contribution in [2.24, 2.45) is 0 Å². The predicted molar refractivity (Wildman–Crippen MR) is 60.8 cm³/mol. The highest BCUT2D eigenvalue weighted by molar-refractivity contribution is 6.04. The fourth-order valence-electron chi connectivity index (χ4n) is 2.48. The van der Waals surface area contributed by atoms with Crippen molar-refractivity contribution in [2.75, 3.05) is 0 Å². The molecule has 0 amide bonds. The zero-order valence-electron chi connectivity index (χ0n) is 9.32. The third-order valence-electron chi connectivity index (χ3n) is 3.40. The van der Waals surface area contributed by atoms with Gasteiger partial charge in [0.25, 0.3) is 0 Å². The van der Waals surface area contributed by atoms with Crippen LogP contribution in [-0.4, -0.2) is 0 Å². The van der Waals surface area contributed by atoms with E-state index in [1.54, 1.807) is 0 Å². The van der Waals surface area contributed by atoms with Gasteiger partial charge >= 0.3 is 0 Å². The maximum absolute atomic E-state index is 11.6. The van der Waals surface area contributed by atoms with Crippen LogP contribution >= 0.6 is 0 Å². The van der Waals surface area contributed by atoms with Gasteiger partial charge in [0.1, 0.15) is 0 Å². The number of fused-ring (bicyclic) bond motifs is 1. The Morgan fingerprint density at radius 2 is 1.43 bits per heavy atom. The number of benzene rings is 1. The van der Waals surface area contributed by atoms with Gasteiger partial charge in [-0.15, -0.1) is 0 Å². The van der Waals surface area contributed by atoms with Crippen molar-refractivity contribution in [3.63, 3.8) is 0 Å². The maximum Gasteiger partial charge on any atom is 0.195 e. The molecule has 0 saturated heterocycles. The Hall–Kier alpha value is -1.11. The molecular formula is C13H16O. The number of hydrogen-bond donors (Lipinski definition) is 0. The van der Waals surface area contributed by atoms with Crippen LogP contribution in [-0.2, 0) is 12.8 Å². The van der Waals surface area contributed by atoms with Crippen LogP contribution < -0.4 is 5.43 Å². The summed E-state index contributed by atoms with van der Waals surface area (Å²) in [6.07, 6.45) is 2.02. The highest BCUT2D eigenvalue weighted by atomic mass is 16.1. The van der Waals surface area contributed by atoms with Crippen molar-refractivity contribution in [1.29, 1.82) is 0 Å². The Morgan fingerprint density at radius 1 is 0.857 bits per heavy atom. The number of hydrogen-bond acceptors (Lipinski definition) is 1. The van der Waals surface area contributed by atoms with Gasteiger partial charge in [-0.2, -0.15) is 0 Å². The Bertz CT molecular complexity index is 511. The van der Waals surface area contributed by atoms with E-state index in [1.807, 2.05) is 0 Å². The summed E-state index contributed by atoms with van der Waals surface area (Å²) < 4.78 is 0. The Morgan fingerprint density at radius 3 is 1.93 bits per heavy atom. The molecule has 74 valence electrons. The lowest BCUT2D eigenvalue weighted by molar-refractivity contribution is 1.03. The molecule has 0 aliphatic carbocycles. The third kappa shape index (κ3) is 0.985. The smallest absolute Gasteiger partial charge is 0.195 e. The van der Waals surface area contributed by atoms with Crippen molar-refractivity contribution >= 4 is 10.8 Å². The monoisotopic (exact) mass is 188 g/mol. The van der Waals surface area contributed by atoms with Crippen molar-refractivity contribution < 1.29 is 0 Å². The first-order chi connectivity index (χ1) is 6.63. The van der Waals surface area contributed by atoms with Gasteiger partial charge in [0, 0.05) is 10.8 Å². The molecule has 2 aromatic rings. The topological polar surface area (TPSA) is 17.1 Å². The summed E-state index contributed by atoms with van der Waals surface area (Å²) in [5.74, 6) is 0. The van der Waals surface area contributed by atoms with Crippen LogP contribution in [0.4, 0.5) is 0 Å². The average molecular weight is 188 g/mol. The standard InChI is InChI=1S/C13H16O/c1-5-9-7(3)8(4)11-12(13(11)14)10(9)6-2/h5-6H2,1-4H3. The zero-order valence-corrected chi connectivity index (χ0v) is 9.32. The number of rotatable bonds is 2. The van der Waals surface area contributed by atoms with Crippen molar-refractivity contribution in [2.45, 2.75) is 40.5 Å². The summed E-state index contributed by atoms with van der Waals surface area (Å²) in [7, 11) is 0. The minimum atomic E-state index is 0.294. The average Bonchev–Trinajstić information content (AvgIpc) is 2.83. The molecule has 0 bridgehead atoms. The van der Waals surface area contributed by atoms with Gasteiger partial charge in [-0.1, -0.05) is 13.8 Å². The quantitative estimate of drug-likeness (QED) is 0.708. The van der Waals surface area contributed by atoms with E-state index in [1.165, 1.54) is 22.3 Å². The first-order valence-electron chi connectivity index (χ1n) is 5.33. The van der Waals surface area contributed by atoms with Crippen LogP contribution in [0.1, 0.15) is 36.1 Å². The Labute approximate surface area is 84.4 Å². The predicted octanol–water partition coefficient (Wildman–Crippen LogP) is 2.82. The van der Waals surface area contributed by atoms with E-state index >= 15 is 0 Å². The van der Waals surface area contributed by atoms with Gasteiger partial charge in [-0.3, -0.25) is 4.79 Å². The lowest BCUT2D eigenvalue weighted by atomic mass is 9.94. The molecular weight excluding hydrogens is 172 g/mol. The molecule has 0 radical (unpaired) electrons. The largest absolute Gasteiger partial charge is 0.289 e. The normalized spacial score (nSPS) is 11.7. The zero-order chi connectivity index (χ0) is 10.5. The molecule has 0 fully saturated rings. The van der Waals surface area contributed by atoms with Crippen LogP contribution in [0.25, 0.3) is 10.8 Å². The van der Waals surface area contributed by atoms with E-state index < -0.39 is 0 Å². The van der Waals surface area contributed by atoms with E-state index in [4.69, 9.17) is 0 Å². The summed E-state index contributed by atoms with van der Waals surface area (Å²) >= 11 is 0. The molecule has 0 unspecified atom stereocenters. The van der Waals surface area contributed by atoms with Crippen LogP contribution in [0, 0.1) is 13.8 Å².